The molecule has 6 nitrogen and oxygen atoms in total. The Labute approximate surface area is 184 Å². The molecule has 1 aromatic carbocycles. The number of rotatable bonds is 5. The minimum atomic E-state index is -4.77. The van der Waals surface area contributed by atoms with E-state index in [2.05, 4.69) is 15.3 Å². The molecule has 1 saturated heterocycles. The van der Waals surface area contributed by atoms with Crippen molar-refractivity contribution >= 4 is 17.5 Å². The lowest BCUT2D eigenvalue weighted by Gasteiger charge is -2.45. The number of halogens is 4. The highest BCUT2D eigenvalue weighted by Gasteiger charge is 2.41. The summed E-state index contributed by atoms with van der Waals surface area (Å²) in [7, 11) is 0. The van der Waals surface area contributed by atoms with Crippen molar-refractivity contribution in [2.24, 2.45) is 0 Å². The molecular weight excluding hydrogens is 433 g/mol. The van der Waals surface area contributed by atoms with Crippen LogP contribution in [0.3, 0.4) is 0 Å². The lowest BCUT2D eigenvalue weighted by molar-refractivity contribution is -0.143. The second-order valence-corrected chi connectivity index (χ2v) is 8.89. The molecule has 0 bridgehead atoms. The molecule has 0 aliphatic carbocycles. The average Bonchev–Trinajstić information content (AvgIpc) is 3.12. The number of alkyl halides is 3. The maximum atomic E-state index is 13.8. The summed E-state index contributed by atoms with van der Waals surface area (Å²) >= 11 is 5.82. The molecule has 170 valence electrons. The lowest BCUT2D eigenvalue weighted by atomic mass is 10.00. The quantitative estimate of drug-likeness (QED) is 0.731. The zero-order chi connectivity index (χ0) is 23.0. The van der Waals surface area contributed by atoms with Crippen LogP contribution in [0.5, 0.6) is 0 Å². The van der Waals surface area contributed by atoms with Gasteiger partial charge in [0.05, 0.1) is 29.7 Å². The van der Waals surface area contributed by atoms with Crippen molar-refractivity contribution in [3.63, 3.8) is 0 Å². The van der Waals surface area contributed by atoms with Crippen LogP contribution >= 0.6 is 11.6 Å². The number of amides is 1. The number of carbonyl (C=O) groups excluding carboxylic acids is 1. The van der Waals surface area contributed by atoms with Gasteiger partial charge in [-0.1, -0.05) is 11.6 Å². The van der Waals surface area contributed by atoms with Crippen molar-refractivity contribution in [3.8, 4) is 5.69 Å². The molecule has 0 saturated carbocycles. The summed E-state index contributed by atoms with van der Waals surface area (Å²) in [6.45, 7) is 9.36. The minimum absolute atomic E-state index is 0.0353. The molecular formula is C21H26ClF3N4O2. The van der Waals surface area contributed by atoms with Crippen molar-refractivity contribution in [2.75, 3.05) is 19.6 Å². The highest BCUT2D eigenvalue weighted by molar-refractivity contribution is 6.30. The van der Waals surface area contributed by atoms with Crippen LogP contribution in [0.15, 0.2) is 30.5 Å². The fraction of sp³-hybridized carbons (Fsp3) is 0.524. The van der Waals surface area contributed by atoms with Gasteiger partial charge in [0, 0.05) is 30.2 Å². The third-order valence-electron chi connectivity index (χ3n) is 5.31. The molecule has 1 fully saturated rings. The van der Waals surface area contributed by atoms with Crippen molar-refractivity contribution in [1.29, 1.82) is 0 Å². The van der Waals surface area contributed by atoms with Crippen molar-refractivity contribution in [3.05, 3.63) is 46.7 Å². The predicted octanol–water partition coefficient (Wildman–Crippen LogP) is 4.16. The van der Waals surface area contributed by atoms with Gasteiger partial charge < -0.3 is 10.1 Å². The molecule has 2 heterocycles. The van der Waals surface area contributed by atoms with Crippen LogP contribution < -0.4 is 5.32 Å². The summed E-state index contributed by atoms with van der Waals surface area (Å²) < 4.78 is 47.9. The van der Waals surface area contributed by atoms with Gasteiger partial charge in [-0.25, -0.2) is 4.68 Å². The van der Waals surface area contributed by atoms with Gasteiger partial charge in [-0.2, -0.15) is 18.3 Å². The maximum absolute atomic E-state index is 13.8. The molecule has 0 radical (unpaired) electrons. The Kier molecular flexibility index (Phi) is 6.69. The van der Waals surface area contributed by atoms with Gasteiger partial charge in [0.2, 0.25) is 0 Å². The summed E-state index contributed by atoms with van der Waals surface area (Å²) in [6.07, 6.45) is -3.76. The predicted molar refractivity (Wildman–Crippen MR) is 112 cm³/mol. The molecule has 2 atom stereocenters. The highest BCUT2D eigenvalue weighted by atomic mass is 35.5. The number of morpholine rings is 1. The first-order valence-electron chi connectivity index (χ1n) is 9.98. The normalized spacial score (nSPS) is 20.6. The van der Waals surface area contributed by atoms with Crippen LogP contribution in [0.1, 0.15) is 43.7 Å². The minimum Gasteiger partial charge on any atom is -0.373 e. The number of nitrogens with one attached hydrogen (secondary N) is 1. The first kappa shape index (κ1) is 23.6. The molecule has 0 spiro atoms. The fourth-order valence-corrected chi connectivity index (χ4v) is 3.87. The van der Waals surface area contributed by atoms with Gasteiger partial charge in [0.25, 0.3) is 5.91 Å². The van der Waals surface area contributed by atoms with Crippen molar-refractivity contribution < 1.29 is 22.7 Å². The van der Waals surface area contributed by atoms with E-state index in [9.17, 15) is 18.0 Å². The summed E-state index contributed by atoms with van der Waals surface area (Å²) in [5, 5.41) is 6.87. The third kappa shape index (κ3) is 5.39. The van der Waals surface area contributed by atoms with E-state index in [1.54, 1.807) is 0 Å². The summed E-state index contributed by atoms with van der Waals surface area (Å²) in [5.74, 6) is -0.824. The van der Waals surface area contributed by atoms with Gasteiger partial charge >= 0.3 is 6.18 Å². The lowest BCUT2D eigenvalue weighted by Crippen LogP contribution is -2.58. The zero-order valence-corrected chi connectivity index (χ0v) is 18.6. The smallest absolute Gasteiger partial charge is 0.373 e. The summed E-state index contributed by atoms with van der Waals surface area (Å²) in [4.78, 5) is 14.9. The number of benzene rings is 1. The Morgan fingerprint density at radius 3 is 2.32 bits per heavy atom. The largest absolute Gasteiger partial charge is 0.434 e. The Morgan fingerprint density at radius 2 is 1.77 bits per heavy atom. The van der Waals surface area contributed by atoms with E-state index in [0.29, 0.717) is 22.8 Å². The number of aromatic nitrogens is 2. The molecule has 1 amide bonds. The van der Waals surface area contributed by atoms with Crippen LogP contribution in [0.2, 0.25) is 5.02 Å². The highest BCUT2D eigenvalue weighted by Crippen LogP contribution is 2.34. The van der Waals surface area contributed by atoms with Gasteiger partial charge in [0.1, 0.15) is 0 Å². The second kappa shape index (κ2) is 8.80. The van der Waals surface area contributed by atoms with E-state index < -0.39 is 28.9 Å². The molecule has 3 rings (SSSR count). The fourth-order valence-electron chi connectivity index (χ4n) is 3.74. The summed E-state index contributed by atoms with van der Waals surface area (Å²) in [6, 6.07) is 5.75. The number of ether oxygens (including phenoxy) is 1. The number of carbonyl (C=O) groups is 1. The SMILES string of the molecule is C[C@@H]1CN(C(C)(C)CNC(=O)c2cnn(-c3ccc(Cl)cc3)c2C(F)(F)F)C[C@@H](C)O1. The van der Waals surface area contributed by atoms with Crippen molar-refractivity contribution in [1.82, 2.24) is 20.0 Å². The topological polar surface area (TPSA) is 59.4 Å². The van der Waals surface area contributed by atoms with Gasteiger partial charge in [-0.3, -0.25) is 9.69 Å². The molecule has 0 unspecified atom stereocenters. The molecule has 1 aliphatic heterocycles. The van der Waals surface area contributed by atoms with E-state index in [0.717, 1.165) is 6.20 Å². The van der Waals surface area contributed by atoms with Gasteiger partial charge in [0.15, 0.2) is 5.69 Å². The van der Waals surface area contributed by atoms with Gasteiger partial charge in [-0.05, 0) is 52.0 Å². The maximum Gasteiger partial charge on any atom is 0.434 e. The molecule has 1 N–H and O–H groups in total. The Morgan fingerprint density at radius 1 is 1.19 bits per heavy atom. The second-order valence-electron chi connectivity index (χ2n) is 8.45. The van der Waals surface area contributed by atoms with Crippen LogP contribution in [-0.4, -0.2) is 58.0 Å². The number of nitrogens with zero attached hydrogens (tertiary/aromatic N) is 3. The Balaban J connectivity index is 1.81. The Bertz CT molecular complexity index is 918. The molecule has 1 aliphatic rings. The monoisotopic (exact) mass is 458 g/mol. The Hall–Kier alpha value is -2.10. The number of hydrogen-bond acceptors (Lipinski definition) is 4. The first-order chi connectivity index (χ1) is 14.4. The van der Waals surface area contributed by atoms with E-state index >= 15 is 0 Å². The van der Waals surface area contributed by atoms with Crippen LogP contribution in [0.25, 0.3) is 5.69 Å². The molecule has 10 heteroatoms. The van der Waals surface area contributed by atoms with E-state index in [1.165, 1.54) is 24.3 Å². The zero-order valence-electron chi connectivity index (χ0n) is 17.8. The average molecular weight is 459 g/mol. The van der Waals surface area contributed by atoms with E-state index in [1.807, 2.05) is 27.7 Å². The first-order valence-corrected chi connectivity index (χ1v) is 10.4. The molecule has 31 heavy (non-hydrogen) atoms. The van der Waals surface area contributed by atoms with Crippen LogP contribution in [-0.2, 0) is 10.9 Å². The number of hydrogen-bond donors (Lipinski definition) is 1. The molecule has 1 aromatic heterocycles. The standard InChI is InChI=1S/C21H26ClF3N4O2/c1-13-10-28(11-14(2)31-13)20(3,4)12-26-19(30)17-9-27-29(18(17)21(23,24)25)16-7-5-15(22)6-8-16/h5-9,13-14H,10-12H2,1-4H3,(H,26,30)/t13-,14-/m1/s1. The van der Waals surface area contributed by atoms with Crippen LogP contribution in [0.4, 0.5) is 13.2 Å². The third-order valence-corrected chi connectivity index (χ3v) is 5.56. The van der Waals surface area contributed by atoms with Crippen LogP contribution in [0, 0.1) is 0 Å². The van der Waals surface area contributed by atoms with E-state index in [4.69, 9.17) is 16.3 Å². The van der Waals surface area contributed by atoms with E-state index in [-0.39, 0.29) is 24.4 Å². The van der Waals surface area contributed by atoms with Gasteiger partial charge in [-0.15, -0.1) is 0 Å². The van der Waals surface area contributed by atoms with Crippen molar-refractivity contribution in [2.45, 2.75) is 51.6 Å². The molecule has 2 aromatic rings. The summed E-state index contributed by atoms with van der Waals surface area (Å²) in [5.41, 5.74) is -1.96.